The van der Waals surface area contributed by atoms with E-state index in [9.17, 15) is 9.18 Å². The minimum Gasteiger partial charge on any atom is -0.387 e. The van der Waals surface area contributed by atoms with Crippen molar-refractivity contribution in [3.63, 3.8) is 0 Å². The third-order valence-corrected chi connectivity index (χ3v) is 3.22. The van der Waals surface area contributed by atoms with E-state index in [1.54, 1.807) is 19.2 Å². The summed E-state index contributed by atoms with van der Waals surface area (Å²) in [5.41, 5.74) is 1.91. The Bertz CT molecular complexity index is 661. The van der Waals surface area contributed by atoms with Crippen LogP contribution in [0.15, 0.2) is 34.9 Å². The van der Waals surface area contributed by atoms with Crippen LogP contribution in [-0.4, -0.2) is 17.9 Å². The van der Waals surface area contributed by atoms with Crippen molar-refractivity contribution in [2.75, 3.05) is 17.7 Å². The number of hydrogen-bond acceptors (Lipinski definition) is 3. The number of carbonyl (C=O) groups excluding carboxylic acids is 1. The minimum atomic E-state index is -0.493. The van der Waals surface area contributed by atoms with Gasteiger partial charge < -0.3 is 10.6 Å². The predicted octanol–water partition coefficient (Wildman–Crippen LogP) is 3.59. The van der Waals surface area contributed by atoms with Gasteiger partial charge in [0.1, 0.15) is 5.82 Å². The van der Waals surface area contributed by atoms with Gasteiger partial charge in [-0.2, -0.15) is 0 Å². The molecule has 0 spiro atoms. The zero-order valence-corrected chi connectivity index (χ0v) is 12.6. The fourth-order valence-corrected chi connectivity index (χ4v) is 2.09. The molecule has 104 valence electrons. The van der Waals surface area contributed by atoms with E-state index < -0.39 is 11.7 Å². The number of aromatic nitrogens is 1. The molecule has 1 aromatic carbocycles. The number of anilines is 2. The molecule has 0 unspecified atom stereocenters. The summed E-state index contributed by atoms with van der Waals surface area (Å²) in [6, 6.07) is 6.11. The smallest absolute Gasteiger partial charge is 0.259 e. The topological polar surface area (TPSA) is 54.0 Å². The molecule has 0 bridgehead atoms. The Morgan fingerprint density at radius 1 is 1.30 bits per heavy atom. The average molecular weight is 338 g/mol. The lowest BCUT2D eigenvalue weighted by atomic mass is 10.2. The fraction of sp³-hybridized carbons (Fsp3) is 0.143. The zero-order valence-electron chi connectivity index (χ0n) is 11.0. The van der Waals surface area contributed by atoms with Gasteiger partial charge >= 0.3 is 0 Å². The molecule has 0 fully saturated rings. The molecule has 2 N–H and O–H groups in total. The van der Waals surface area contributed by atoms with Crippen molar-refractivity contribution in [2.24, 2.45) is 0 Å². The van der Waals surface area contributed by atoms with Crippen LogP contribution in [0.3, 0.4) is 0 Å². The van der Waals surface area contributed by atoms with Crippen LogP contribution in [0.5, 0.6) is 0 Å². The predicted molar refractivity (Wildman–Crippen MR) is 80.6 cm³/mol. The number of hydrogen-bond donors (Lipinski definition) is 2. The quantitative estimate of drug-likeness (QED) is 0.899. The number of nitrogens with one attached hydrogen (secondary N) is 2. The van der Waals surface area contributed by atoms with E-state index in [0.29, 0.717) is 15.7 Å². The van der Waals surface area contributed by atoms with Crippen molar-refractivity contribution in [1.82, 2.24) is 4.98 Å². The number of aryl methyl sites for hydroxylation is 1. The molecule has 1 heterocycles. The molecule has 1 aromatic heterocycles. The largest absolute Gasteiger partial charge is 0.387 e. The molecule has 0 atom stereocenters. The number of carbonyl (C=O) groups is 1. The van der Waals surface area contributed by atoms with Crippen LogP contribution in [0.2, 0.25) is 0 Å². The molecular formula is C14H13BrFN3O. The van der Waals surface area contributed by atoms with Gasteiger partial charge in [-0.05, 0) is 31.2 Å². The second kappa shape index (κ2) is 6.00. The van der Waals surface area contributed by atoms with Crippen LogP contribution >= 0.6 is 15.9 Å². The van der Waals surface area contributed by atoms with Crippen LogP contribution in [-0.2, 0) is 0 Å². The standard InChI is InChI=1S/C14H13BrFN3O/c1-8-5-12(17-2)10(7-18-8)14(20)19-13-6-9(15)3-4-11(13)16/h3-7H,1-2H3,(H,17,18)(H,19,20). The van der Waals surface area contributed by atoms with Gasteiger partial charge in [-0.15, -0.1) is 0 Å². The zero-order chi connectivity index (χ0) is 14.7. The SMILES string of the molecule is CNc1cc(C)ncc1C(=O)Nc1cc(Br)ccc1F. The van der Waals surface area contributed by atoms with Crippen molar-refractivity contribution in [2.45, 2.75) is 6.92 Å². The Kier molecular flexibility index (Phi) is 4.34. The van der Waals surface area contributed by atoms with Crippen LogP contribution in [0.25, 0.3) is 0 Å². The highest BCUT2D eigenvalue weighted by Crippen LogP contribution is 2.22. The lowest BCUT2D eigenvalue weighted by Crippen LogP contribution is -2.15. The number of halogens is 2. The maximum atomic E-state index is 13.6. The number of nitrogens with zero attached hydrogens (tertiary/aromatic N) is 1. The lowest BCUT2D eigenvalue weighted by Gasteiger charge is -2.11. The molecule has 0 saturated heterocycles. The molecular weight excluding hydrogens is 325 g/mol. The van der Waals surface area contributed by atoms with Crippen LogP contribution in [0, 0.1) is 12.7 Å². The van der Waals surface area contributed by atoms with E-state index in [1.165, 1.54) is 18.3 Å². The molecule has 0 saturated carbocycles. The van der Waals surface area contributed by atoms with E-state index in [4.69, 9.17) is 0 Å². The summed E-state index contributed by atoms with van der Waals surface area (Å²) >= 11 is 3.24. The summed E-state index contributed by atoms with van der Waals surface area (Å²) < 4.78 is 14.3. The Morgan fingerprint density at radius 3 is 2.75 bits per heavy atom. The summed E-state index contributed by atoms with van der Waals surface area (Å²) in [4.78, 5) is 16.3. The first-order valence-electron chi connectivity index (χ1n) is 5.92. The first-order valence-corrected chi connectivity index (χ1v) is 6.71. The molecule has 0 aliphatic heterocycles. The number of amides is 1. The first-order chi connectivity index (χ1) is 9.51. The van der Waals surface area contributed by atoms with E-state index in [2.05, 4.69) is 31.5 Å². The van der Waals surface area contributed by atoms with Crippen LogP contribution in [0.1, 0.15) is 16.1 Å². The van der Waals surface area contributed by atoms with Gasteiger partial charge in [0, 0.05) is 23.4 Å². The van der Waals surface area contributed by atoms with Gasteiger partial charge in [-0.3, -0.25) is 9.78 Å². The summed E-state index contributed by atoms with van der Waals surface area (Å²) in [6.07, 6.45) is 1.46. The lowest BCUT2D eigenvalue weighted by molar-refractivity contribution is 0.102. The minimum absolute atomic E-state index is 0.118. The second-order valence-corrected chi connectivity index (χ2v) is 5.12. The van der Waals surface area contributed by atoms with E-state index in [0.717, 1.165) is 5.69 Å². The van der Waals surface area contributed by atoms with E-state index in [-0.39, 0.29) is 5.69 Å². The normalized spacial score (nSPS) is 10.2. The fourth-order valence-electron chi connectivity index (χ4n) is 1.73. The van der Waals surface area contributed by atoms with Gasteiger partial charge in [0.15, 0.2) is 0 Å². The Morgan fingerprint density at radius 2 is 2.05 bits per heavy atom. The highest BCUT2D eigenvalue weighted by Gasteiger charge is 2.14. The van der Waals surface area contributed by atoms with Gasteiger partial charge in [-0.25, -0.2) is 4.39 Å². The Balaban J connectivity index is 2.30. The van der Waals surface area contributed by atoms with Gasteiger partial charge in [0.25, 0.3) is 5.91 Å². The van der Waals surface area contributed by atoms with Crippen LogP contribution < -0.4 is 10.6 Å². The van der Waals surface area contributed by atoms with Crippen molar-refractivity contribution >= 4 is 33.2 Å². The molecule has 0 aliphatic rings. The van der Waals surface area contributed by atoms with Gasteiger partial charge in [0.2, 0.25) is 0 Å². The van der Waals surface area contributed by atoms with Crippen molar-refractivity contribution in [1.29, 1.82) is 0 Å². The molecule has 1 amide bonds. The maximum absolute atomic E-state index is 13.6. The number of pyridine rings is 1. The Hall–Kier alpha value is -1.95. The van der Waals surface area contributed by atoms with Crippen LogP contribution in [0.4, 0.5) is 15.8 Å². The summed E-state index contributed by atoms with van der Waals surface area (Å²) in [6.45, 7) is 1.83. The van der Waals surface area contributed by atoms with Gasteiger partial charge in [0.05, 0.1) is 16.9 Å². The van der Waals surface area contributed by atoms with E-state index >= 15 is 0 Å². The monoisotopic (exact) mass is 337 g/mol. The van der Waals surface area contributed by atoms with Crippen molar-refractivity contribution in [3.05, 3.63) is 52.0 Å². The molecule has 0 aliphatic carbocycles. The number of benzene rings is 1. The van der Waals surface area contributed by atoms with Crippen molar-refractivity contribution in [3.8, 4) is 0 Å². The molecule has 6 heteroatoms. The number of rotatable bonds is 3. The molecule has 20 heavy (non-hydrogen) atoms. The highest BCUT2D eigenvalue weighted by atomic mass is 79.9. The summed E-state index contributed by atoms with van der Waals surface area (Å²) in [5.74, 6) is -0.911. The molecule has 0 radical (unpaired) electrons. The molecule has 2 aromatic rings. The molecule has 2 rings (SSSR count). The average Bonchev–Trinajstić information content (AvgIpc) is 2.42. The summed E-state index contributed by atoms with van der Waals surface area (Å²) in [5, 5.41) is 5.46. The maximum Gasteiger partial charge on any atom is 0.259 e. The highest BCUT2D eigenvalue weighted by molar-refractivity contribution is 9.10. The summed E-state index contributed by atoms with van der Waals surface area (Å²) in [7, 11) is 1.71. The third kappa shape index (κ3) is 3.14. The Labute approximate surface area is 124 Å². The van der Waals surface area contributed by atoms with Gasteiger partial charge in [-0.1, -0.05) is 15.9 Å². The van der Waals surface area contributed by atoms with Crippen molar-refractivity contribution < 1.29 is 9.18 Å². The molecule has 4 nitrogen and oxygen atoms in total. The second-order valence-electron chi connectivity index (χ2n) is 4.20. The van der Waals surface area contributed by atoms with E-state index in [1.807, 2.05) is 6.92 Å². The third-order valence-electron chi connectivity index (χ3n) is 2.73. The first kappa shape index (κ1) is 14.5.